The molecule has 126 valence electrons. The second kappa shape index (κ2) is 5.79. The summed E-state index contributed by atoms with van der Waals surface area (Å²) in [5.41, 5.74) is 0.444. The summed E-state index contributed by atoms with van der Waals surface area (Å²) in [6.07, 6.45) is 8.40. The largest absolute Gasteiger partial charge is 0.390 e. The average molecular weight is 306 g/mol. The van der Waals surface area contributed by atoms with Gasteiger partial charge in [-0.15, -0.1) is 0 Å². The Morgan fingerprint density at radius 3 is 2.41 bits per heavy atom. The molecule has 5 atom stereocenters. The Morgan fingerprint density at radius 1 is 1.18 bits per heavy atom. The fourth-order valence-corrected chi connectivity index (χ4v) is 5.75. The van der Waals surface area contributed by atoms with Crippen molar-refractivity contribution in [2.45, 2.75) is 78.4 Å². The Balaban J connectivity index is 2.44. The average Bonchev–Trinajstić information content (AvgIpc) is 2.35. The number of allylic oxidation sites excluding steroid dienone is 2. The fraction of sp³-hybridized carbons (Fsp3) is 0.800. The Hall–Kier alpha value is -0.600. The van der Waals surface area contributed by atoms with Crippen molar-refractivity contribution in [2.24, 2.45) is 22.7 Å². The van der Waals surface area contributed by atoms with E-state index in [1.54, 1.807) is 6.08 Å². The zero-order valence-corrected chi connectivity index (χ0v) is 15.0. The highest BCUT2D eigenvalue weighted by atomic mass is 16.3. The van der Waals surface area contributed by atoms with Crippen LogP contribution < -0.4 is 0 Å². The molecule has 2 nitrogen and oxygen atoms in total. The predicted molar refractivity (Wildman–Crippen MR) is 92.5 cm³/mol. The highest BCUT2D eigenvalue weighted by Gasteiger charge is 2.59. The van der Waals surface area contributed by atoms with Crippen LogP contribution >= 0.6 is 0 Å². The molecular weight excluding hydrogens is 272 g/mol. The molecule has 0 spiro atoms. The van der Waals surface area contributed by atoms with Gasteiger partial charge < -0.3 is 10.2 Å². The molecule has 2 aliphatic carbocycles. The summed E-state index contributed by atoms with van der Waals surface area (Å²) in [7, 11) is 0. The van der Waals surface area contributed by atoms with E-state index in [1.807, 2.05) is 19.9 Å². The standard InChI is InChI=1S/C20H34O2/c1-7-14(2)13-15(21)17-19(5)11-8-10-18(3,4)16(19)9-12-20(17,6)22/h7,13,15-17,21-22H,1,8-12H2,2-6H3. The van der Waals surface area contributed by atoms with Gasteiger partial charge >= 0.3 is 0 Å². The molecule has 0 radical (unpaired) electrons. The summed E-state index contributed by atoms with van der Waals surface area (Å²) < 4.78 is 0. The molecule has 0 bridgehead atoms. The maximum absolute atomic E-state index is 11.0. The zero-order chi connectivity index (χ0) is 16.8. The second-order valence-electron chi connectivity index (χ2n) is 8.88. The molecule has 2 aliphatic rings. The van der Waals surface area contributed by atoms with Crippen LogP contribution in [-0.2, 0) is 0 Å². The molecule has 5 unspecified atom stereocenters. The van der Waals surface area contributed by atoms with E-state index >= 15 is 0 Å². The summed E-state index contributed by atoms with van der Waals surface area (Å²) in [6, 6.07) is 0. The van der Waals surface area contributed by atoms with Crippen LogP contribution in [0.25, 0.3) is 0 Å². The summed E-state index contributed by atoms with van der Waals surface area (Å²) in [6.45, 7) is 14.7. The van der Waals surface area contributed by atoms with Crippen molar-refractivity contribution < 1.29 is 10.2 Å². The smallest absolute Gasteiger partial charge is 0.0787 e. The lowest BCUT2D eigenvalue weighted by Gasteiger charge is -2.62. The van der Waals surface area contributed by atoms with Crippen LogP contribution in [0, 0.1) is 22.7 Å². The van der Waals surface area contributed by atoms with E-state index in [-0.39, 0.29) is 11.3 Å². The minimum Gasteiger partial charge on any atom is -0.390 e. The van der Waals surface area contributed by atoms with Gasteiger partial charge in [-0.05, 0) is 56.3 Å². The number of hydrogen-bond donors (Lipinski definition) is 2. The minimum absolute atomic E-state index is 0.0130. The lowest BCUT2D eigenvalue weighted by Crippen LogP contribution is -2.60. The van der Waals surface area contributed by atoms with Gasteiger partial charge in [0.2, 0.25) is 0 Å². The summed E-state index contributed by atoms with van der Waals surface area (Å²) in [5.74, 6) is 0.444. The lowest BCUT2D eigenvalue weighted by atomic mass is 9.45. The molecule has 0 aliphatic heterocycles. The molecule has 22 heavy (non-hydrogen) atoms. The van der Waals surface area contributed by atoms with Crippen molar-refractivity contribution in [3.63, 3.8) is 0 Å². The van der Waals surface area contributed by atoms with Crippen LogP contribution in [-0.4, -0.2) is 21.9 Å². The van der Waals surface area contributed by atoms with Crippen molar-refractivity contribution >= 4 is 0 Å². The normalized spacial score (nSPS) is 43.3. The van der Waals surface area contributed by atoms with E-state index in [2.05, 4.69) is 27.4 Å². The topological polar surface area (TPSA) is 40.5 Å². The van der Waals surface area contributed by atoms with E-state index in [0.29, 0.717) is 11.3 Å². The quantitative estimate of drug-likeness (QED) is 0.755. The first kappa shape index (κ1) is 17.7. The number of aliphatic hydroxyl groups is 2. The van der Waals surface area contributed by atoms with Crippen LogP contribution in [0.4, 0.5) is 0 Å². The van der Waals surface area contributed by atoms with Gasteiger partial charge in [0.1, 0.15) is 0 Å². The SMILES string of the molecule is C=CC(C)=CC(O)C1C(C)(O)CCC2C(C)(C)CCCC21C. The molecule has 0 heterocycles. The zero-order valence-electron chi connectivity index (χ0n) is 15.0. The van der Waals surface area contributed by atoms with E-state index in [9.17, 15) is 10.2 Å². The Bertz CT molecular complexity index is 460. The first-order valence-electron chi connectivity index (χ1n) is 8.76. The third kappa shape index (κ3) is 2.92. The Labute approximate surface area is 136 Å². The van der Waals surface area contributed by atoms with Crippen LogP contribution in [0.15, 0.2) is 24.3 Å². The molecule has 2 fully saturated rings. The summed E-state index contributed by atoms with van der Waals surface area (Å²) in [5, 5.41) is 22.0. The second-order valence-corrected chi connectivity index (χ2v) is 8.88. The van der Waals surface area contributed by atoms with Crippen molar-refractivity contribution in [3.8, 4) is 0 Å². The Kier molecular flexibility index (Phi) is 4.68. The lowest BCUT2D eigenvalue weighted by molar-refractivity contribution is -0.191. The third-order valence-corrected chi connectivity index (χ3v) is 6.69. The monoisotopic (exact) mass is 306 g/mol. The minimum atomic E-state index is -0.809. The van der Waals surface area contributed by atoms with Crippen LogP contribution in [0.1, 0.15) is 66.7 Å². The number of hydrogen-bond acceptors (Lipinski definition) is 2. The van der Waals surface area contributed by atoms with Gasteiger partial charge in [0.05, 0.1) is 11.7 Å². The molecule has 2 N–H and O–H groups in total. The van der Waals surface area contributed by atoms with Crippen LogP contribution in [0.5, 0.6) is 0 Å². The molecule has 0 aromatic carbocycles. The highest BCUT2D eigenvalue weighted by Crippen LogP contribution is 2.62. The van der Waals surface area contributed by atoms with Gasteiger partial charge in [0.25, 0.3) is 0 Å². The van der Waals surface area contributed by atoms with Gasteiger partial charge in [-0.1, -0.05) is 51.5 Å². The van der Waals surface area contributed by atoms with E-state index in [4.69, 9.17) is 0 Å². The number of fused-ring (bicyclic) bond motifs is 1. The van der Waals surface area contributed by atoms with Gasteiger partial charge in [-0.2, -0.15) is 0 Å². The molecular formula is C20H34O2. The van der Waals surface area contributed by atoms with Crippen molar-refractivity contribution in [1.29, 1.82) is 0 Å². The molecule has 0 aromatic rings. The third-order valence-electron chi connectivity index (χ3n) is 6.69. The van der Waals surface area contributed by atoms with Gasteiger partial charge in [-0.3, -0.25) is 0 Å². The molecule has 2 saturated carbocycles. The van der Waals surface area contributed by atoms with Crippen molar-refractivity contribution in [3.05, 3.63) is 24.3 Å². The molecule has 0 saturated heterocycles. The Morgan fingerprint density at radius 2 is 1.82 bits per heavy atom. The van der Waals surface area contributed by atoms with E-state index in [0.717, 1.165) is 24.8 Å². The van der Waals surface area contributed by atoms with Crippen LogP contribution in [0.3, 0.4) is 0 Å². The van der Waals surface area contributed by atoms with Gasteiger partial charge in [-0.25, -0.2) is 0 Å². The van der Waals surface area contributed by atoms with Gasteiger partial charge in [0.15, 0.2) is 0 Å². The predicted octanol–water partition coefficient (Wildman–Crippen LogP) is 4.47. The molecule has 2 heteroatoms. The first-order valence-corrected chi connectivity index (χ1v) is 8.76. The first-order chi connectivity index (χ1) is 10.0. The maximum Gasteiger partial charge on any atom is 0.0787 e. The highest BCUT2D eigenvalue weighted by molar-refractivity contribution is 5.19. The summed E-state index contributed by atoms with van der Waals surface area (Å²) >= 11 is 0. The van der Waals surface area contributed by atoms with Crippen molar-refractivity contribution in [2.75, 3.05) is 0 Å². The summed E-state index contributed by atoms with van der Waals surface area (Å²) in [4.78, 5) is 0. The fourth-order valence-electron chi connectivity index (χ4n) is 5.75. The maximum atomic E-state index is 11.0. The van der Waals surface area contributed by atoms with E-state index < -0.39 is 11.7 Å². The molecule has 2 rings (SSSR count). The van der Waals surface area contributed by atoms with Crippen molar-refractivity contribution in [1.82, 2.24) is 0 Å². The molecule has 0 aromatic heterocycles. The van der Waals surface area contributed by atoms with Gasteiger partial charge in [0, 0.05) is 5.92 Å². The van der Waals surface area contributed by atoms with E-state index in [1.165, 1.54) is 12.8 Å². The van der Waals surface area contributed by atoms with Crippen LogP contribution in [0.2, 0.25) is 0 Å². The number of aliphatic hydroxyl groups excluding tert-OH is 1. The number of rotatable bonds is 3. The molecule has 0 amide bonds.